The minimum Gasteiger partial charge on any atom is -0.493 e. The molecule has 0 unspecified atom stereocenters. The SMILES string of the molecule is NC(=O)Cc1cccc(OCC2CC2)c1. The number of primary amides is 1. The van der Waals surface area contributed by atoms with Crippen molar-refractivity contribution in [3.05, 3.63) is 29.8 Å². The first-order chi connectivity index (χ1) is 7.24. The van der Waals surface area contributed by atoms with Gasteiger partial charge in [-0.05, 0) is 36.5 Å². The Hall–Kier alpha value is -1.51. The number of hydrogen-bond acceptors (Lipinski definition) is 2. The predicted molar refractivity (Wildman–Crippen MR) is 57.6 cm³/mol. The summed E-state index contributed by atoms with van der Waals surface area (Å²) in [5.41, 5.74) is 6.04. The van der Waals surface area contributed by atoms with Crippen LogP contribution < -0.4 is 10.5 Å². The summed E-state index contributed by atoms with van der Waals surface area (Å²) >= 11 is 0. The molecule has 2 N–H and O–H groups in total. The van der Waals surface area contributed by atoms with Crippen LogP contribution in [0, 0.1) is 5.92 Å². The molecule has 0 aliphatic heterocycles. The molecule has 0 radical (unpaired) electrons. The number of nitrogens with two attached hydrogens (primary N) is 1. The van der Waals surface area contributed by atoms with Crippen LogP contribution in [0.1, 0.15) is 18.4 Å². The summed E-state index contributed by atoms with van der Waals surface area (Å²) in [5, 5.41) is 0. The van der Waals surface area contributed by atoms with E-state index in [-0.39, 0.29) is 12.3 Å². The largest absolute Gasteiger partial charge is 0.493 e. The van der Waals surface area contributed by atoms with Gasteiger partial charge in [0.1, 0.15) is 5.75 Å². The first-order valence-corrected chi connectivity index (χ1v) is 5.24. The fraction of sp³-hybridized carbons (Fsp3) is 0.417. The van der Waals surface area contributed by atoms with Gasteiger partial charge in [-0.3, -0.25) is 4.79 Å². The van der Waals surface area contributed by atoms with Crippen molar-refractivity contribution in [1.29, 1.82) is 0 Å². The fourth-order valence-corrected chi connectivity index (χ4v) is 1.45. The third kappa shape index (κ3) is 3.27. The lowest BCUT2D eigenvalue weighted by molar-refractivity contribution is -0.117. The summed E-state index contributed by atoms with van der Waals surface area (Å²) in [6.45, 7) is 0.792. The molecule has 1 aromatic rings. The summed E-state index contributed by atoms with van der Waals surface area (Å²) in [6.07, 6.45) is 2.84. The number of hydrogen-bond donors (Lipinski definition) is 1. The van der Waals surface area contributed by atoms with Crippen LogP contribution >= 0.6 is 0 Å². The van der Waals surface area contributed by atoms with Gasteiger partial charge in [0.2, 0.25) is 5.91 Å². The number of carbonyl (C=O) groups excluding carboxylic acids is 1. The predicted octanol–water partition coefficient (Wildman–Crippen LogP) is 1.50. The van der Waals surface area contributed by atoms with Gasteiger partial charge >= 0.3 is 0 Å². The number of ether oxygens (including phenoxy) is 1. The molecule has 3 nitrogen and oxygen atoms in total. The first kappa shape index (κ1) is 10.0. The normalized spacial score (nSPS) is 14.9. The van der Waals surface area contributed by atoms with Gasteiger partial charge in [-0.1, -0.05) is 12.1 Å². The van der Waals surface area contributed by atoms with Crippen molar-refractivity contribution in [2.75, 3.05) is 6.61 Å². The molecule has 1 saturated carbocycles. The van der Waals surface area contributed by atoms with Crippen molar-refractivity contribution in [1.82, 2.24) is 0 Å². The molecule has 15 heavy (non-hydrogen) atoms. The van der Waals surface area contributed by atoms with Gasteiger partial charge in [0, 0.05) is 0 Å². The molecular formula is C12H15NO2. The maximum atomic E-state index is 10.7. The smallest absolute Gasteiger partial charge is 0.221 e. The van der Waals surface area contributed by atoms with E-state index < -0.39 is 0 Å². The average Bonchev–Trinajstić information content (AvgIpc) is 2.97. The Kier molecular flexibility index (Phi) is 2.90. The highest BCUT2D eigenvalue weighted by Crippen LogP contribution is 2.29. The maximum absolute atomic E-state index is 10.7. The van der Waals surface area contributed by atoms with E-state index in [1.165, 1.54) is 12.8 Å². The van der Waals surface area contributed by atoms with Crippen LogP contribution in [-0.4, -0.2) is 12.5 Å². The molecule has 0 saturated heterocycles. The minimum absolute atomic E-state index is 0.278. The van der Waals surface area contributed by atoms with E-state index in [0.29, 0.717) is 0 Å². The van der Waals surface area contributed by atoms with Gasteiger partial charge in [0.25, 0.3) is 0 Å². The van der Waals surface area contributed by atoms with E-state index >= 15 is 0 Å². The van der Waals surface area contributed by atoms with Crippen LogP contribution in [0.15, 0.2) is 24.3 Å². The maximum Gasteiger partial charge on any atom is 0.221 e. The summed E-state index contributed by atoms with van der Waals surface area (Å²) in [6, 6.07) is 7.56. The Labute approximate surface area is 89.2 Å². The zero-order valence-electron chi connectivity index (χ0n) is 8.61. The summed E-state index contributed by atoms with van der Waals surface area (Å²) in [4.78, 5) is 10.7. The molecule has 0 heterocycles. The highest BCUT2D eigenvalue weighted by atomic mass is 16.5. The van der Waals surface area contributed by atoms with E-state index in [1.807, 2.05) is 24.3 Å². The monoisotopic (exact) mass is 205 g/mol. The highest BCUT2D eigenvalue weighted by molar-refractivity contribution is 5.76. The Morgan fingerprint density at radius 2 is 2.27 bits per heavy atom. The Morgan fingerprint density at radius 3 is 2.93 bits per heavy atom. The van der Waals surface area contributed by atoms with E-state index in [4.69, 9.17) is 10.5 Å². The summed E-state index contributed by atoms with van der Waals surface area (Å²) < 4.78 is 5.60. The van der Waals surface area contributed by atoms with Crippen molar-refractivity contribution in [2.24, 2.45) is 11.7 Å². The molecule has 0 bridgehead atoms. The lowest BCUT2D eigenvalue weighted by Crippen LogP contribution is -2.13. The zero-order chi connectivity index (χ0) is 10.7. The van der Waals surface area contributed by atoms with Crippen molar-refractivity contribution in [2.45, 2.75) is 19.3 Å². The fourth-order valence-electron chi connectivity index (χ4n) is 1.45. The molecule has 2 rings (SSSR count). The average molecular weight is 205 g/mol. The van der Waals surface area contributed by atoms with Gasteiger partial charge < -0.3 is 10.5 Å². The number of carbonyl (C=O) groups is 1. The number of amides is 1. The molecule has 1 aliphatic rings. The minimum atomic E-state index is -0.311. The standard InChI is InChI=1S/C12H15NO2/c13-12(14)7-10-2-1-3-11(6-10)15-8-9-4-5-9/h1-3,6,9H,4-5,7-8H2,(H2,13,14). The lowest BCUT2D eigenvalue weighted by Gasteiger charge is -2.06. The molecule has 1 fully saturated rings. The Morgan fingerprint density at radius 1 is 1.47 bits per heavy atom. The highest BCUT2D eigenvalue weighted by Gasteiger charge is 2.21. The second kappa shape index (κ2) is 4.34. The van der Waals surface area contributed by atoms with Gasteiger partial charge in [-0.2, -0.15) is 0 Å². The van der Waals surface area contributed by atoms with Gasteiger partial charge in [0.15, 0.2) is 0 Å². The van der Waals surface area contributed by atoms with Crippen LogP contribution in [0.25, 0.3) is 0 Å². The lowest BCUT2D eigenvalue weighted by atomic mass is 10.1. The molecule has 1 amide bonds. The van der Waals surface area contributed by atoms with Crippen LogP contribution in [0.5, 0.6) is 5.75 Å². The molecule has 1 aromatic carbocycles. The molecule has 0 aromatic heterocycles. The third-order valence-electron chi connectivity index (χ3n) is 2.46. The van der Waals surface area contributed by atoms with Crippen LogP contribution in [0.3, 0.4) is 0 Å². The Balaban J connectivity index is 1.94. The van der Waals surface area contributed by atoms with Crippen molar-refractivity contribution in [3.63, 3.8) is 0 Å². The zero-order valence-corrected chi connectivity index (χ0v) is 8.61. The van der Waals surface area contributed by atoms with Crippen molar-refractivity contribution >= 4 is 5.91 Å². The topological polar surface area (TPSA) is 52.3 Å². The van der Waals surface area contributed by atoms with E-state index in [1.54, 1.807) is 0 Å². The third-order valence-corrected chi connectivity index (χ3v) is 2.46. The van der Waals surface area contributed by atoms with E-state index in [2.05, 4.69) is 0 Å². The Bertz CT molecular complexity index is 358. The second-order valence-electron chi connectivity index (χ2n) is 4.04. The second-order valence-corrected chi connectivity index (χ2v) is 4.04. The van der Waals surface area contributed by atoms with Crippen LogP contribution in [-0.2, 0) is 11.2 Å². The summed E-state index contributed by atoms with van der Waals surface area (Å²) in [5.74, 6) is 1.26. The molecular weight excluding hydrogens is 190 g/mol. The van der Waals surface area contributed by atoms with Crippen LogP contribution in [0.2, 0.25) is 0 Å². The number of rotatable bonds is 5. The van der Waals surface area contributed by atoms with E-state index in [0.717, 1.165) is 23.8 Å². The van der Waals surface area contributed by atoms with Gasteiger partial charge in [0.05, 0.1) is 13.0 Å². The molecule has 0 spiro atoms. The van der Waals surface area contributed by atoms with Gasteiger partial charge in [-0.15, -0.1) is 0 Å². The number of benzene rings is 1. The van der Waals surface area contributed by atoms with Crippen LogP contribution in [0.4, 0.5) is 0 Å². The quantitative estimate of drug-likeness (QED) is 0.792. The molecule has 3 heteroatoms. The molecule has 80 valence electrons. The van der Waals surface area contributed by atoms with Gasteiger partial charge in [-0.25, -0.2) is 0 Å². The van der Waals surface area contributed by atoms with Crippen molar-refractivity contribution in [3.8, 4) is 5.75 Å². The van der Waals surface area contributed by atoms with E-state index in [9.17, 15) is 4.79 Å². The molecule has 1 aliphatic carbocycles. The molecule has 0 atom stereocenters. The first-order valence-electron chi connectivity index (χ1n) is 5.24. The summed E-state index contributed by atoms with van der Waals surface area (Å²) in [7, 11) is 0. The van der Waals surface area contributed by atoms with Crippen molar-refractivity contribution < 1.29 is 9.53 Å².